The van der Waals surface area contributed by atoms with Crippen molar-refractivity contribution < 1.29 is 4.74 Å². The van der Waals surface area contributed by atoms with Crippen LogP contribution < -0.4 is 10.5 Å². The Balaban J connectivity index is 2.78. The number of ether oxygens (including phenoxy) is 1. The molecule has 0 saturated heterocycles. The summed E-state index contributed by atoms with van der Waals surface area (Å²) in [6.45, 7) is 7.07. The van der Waals surface area contributed by atoms with Crippen molar-refractivity contribution in [2.24, 2.45) is 11.7 Å². The molecule has 2 nitrogen and oxygen atoms in total. The van der Waals surface area contributed by atoms with Gasteiger partial charge in [-0.15, -0.1) is 0 Å². The number of nitrogens with two attached hydrogens (primary N) is 1. The number of rotatable bonds is 5. The summed E-state index contributed by atoms with van der Waals surface area (Å²) in [5, 5.41) is 0. The third-order valence-electron chi connectivity index (χ3n) is 2.68. The normalized spacial score (nSPS) is 14.6. The summed E-state index contributed by atoms with van der Waals surface area (Å²) in [4.78, 5) is 0. The second kappa shape index (κ2) is 6.26. The average molecular weight is 286 g/mol. The molecule has 0 amide bonds. The van der Waals surface area contributed by atoms with Crippen LogP contribution in [0.3, 0.4) is 0 Å². The summed E-state index contributed by atoms with van der Waals surface area (Å²) >= 11 is 3.45. The minimum Gasteiger partial charge on any atom is -0.493 e. The van der Waals surface area contributed by atoms with Gasteiger partial charge in [0, 0.05) is 16.1 Å². The molecule has 0 heterocycles. The quantitative estimate of drug-likeness (QED) is 0.891. The summed E-state index contributed by atoms with van der Waals surface area (Å²) in [6, 6.07) is 5.98. The van der Waals surface area contributed by atoms with E-state index in [-0.39, 0.29) is 6.04 Å². The Bertz CT molecular complexity index is 339. The van der Waals surface area contributed by atoms with Crippen molar-refractivity contribution >= 4 is 15.9 Å². The van der Waals surface area contributed by atoms with Gasteiger partial charge in [-0.05, 0) is 31.0 Å². The number of benzene rings is 1. The van der Waals surface area contributed by atoms with Crippen LogP contribution in [0.2, 0.25) is 0 Å². The summed E-state index contributed by atoms with van der Waals surface area (Å²) in [7, 11) is 0. The van der Waals surface area contributed by atoms with Gasteiger partial charge in [0.05, 0.1) is 6.61 Å². The van der Waals surface area contributed by atoms with Crippen LogP contribution >= 0.6 is 15.9 Å². The maximum atomic E-state index is 5.92. The van der Waals surface area contributed by atoms with E-state index in [2.05, 4.69) is 29.8 Å². The van der Waals surface area contributed by atoms with Gasteiger partial charge in [-0.2, -0.15) is 0 Å². The number of halogens is 1. The van der Waals surface area contributed by atoms with E-state index in [9.17, 15) is 0 Å². The van der Waals surface area contributed by atoms with Crippen LogP contribution in [0.4, 0.5) is 0 Å². The van der Waals surface area contributed by atoms with E-state index in [0.29, 0.717) is 5.92 Å². The first kappa shape index (κ1) is 13.5. The predicted molar refractivity (Wildman–Crippen MR) is 71.7 cm³/mol. The highest BCUT2D eigenvalue weighted by atomic mass is 79.9. The highest BCUT2D eigenvalue weighted by Crippen LogP contribution is 2.27. The minimum absolute atomic E-state index is 0.00978. The number of hydrogen-bond acceptors (Lipinski definition) is 2. The van der Waals surface area contributed by atoms with Gasteiger partial charge in [-0.25, -0.2) is 0 Å². The van der Waals surface area contributed by atoms with Crippen LogP contribution in [0.25, 0.3) is 0 Å². The molecule has 0 aliphatic heterocycles. The molecule has 0 saturated carbocycles. The zero-order valence-electron chi connectivity index (χ0n) is 10.2. The molecule has 2 atom stereocenters. The van der Waals surface area contributed by atoms with E-state index < -0.39 is 0 Å². The van der Waals surface area contributed by atoms with Crippen molar-refractivity contribution in [1.29, 1.82) is 0 Å². The SMILES string of the molecule is CCC(C)COc1ccc(Br)cc1C(C)N. The van der Waals surface area contributed by atoms with Gasteiger partial charge in [0.25, 0.3) is 0 Å². The molecule has 0 bridgehead atoms. The molecule has 16 heavy (non-hydrogen) atoms. The molecular formula is C13H20BrNO. The van der Waals surface area contributed by atoms with Crippen LogP contribution in [0.5, 0.6) is 5.75 Å². The van der Waals surface area contributed by atoms with Crippen LogP contribution in [-0.2, 0) is 0 Å². The molecule has 2 unspecified atom stereocenters. The van der Waals surface area contributed by atoms with Gasteiger partial charge in [0.15, 0.2) is 0 Å². The van der Waals surface area contributed by atoms with Gasteiger partial charge in [0.2, 0.25) is 0 Å². The van der Waals surface area contributed by atoms with Gasteiger partial charge >= 0.3 is 0 Å². The Morgan fingerprint density at radius 3 is 2.62 bits per heavy atom. The zero-order chi connectivity index (χ0) is 12.1. The van der Waals surface area contributed by atoms with Crippen molar-refractivity contribution in [3.63, 3.8) is 0 Å². The van der Waals surface area contributed by atoms with Crippen molar-refractivity contribution in [3.05, 3.63) is 28.2 Å². The lowest BCUT2D eigenvalue weighted by molar-refractivity contribution is 0.253. The lowest BCUT2D eigenvalue weighted by Crippen LogP contribution is -2.12. The molecule has 1 aromatic rings. The highest BCUT2D eigenvalue weighted by Gasteiger charge is 2.09. The summed E-state index contributed by atoms with van der Waals surface area (Å²) in [5.41, 5.74) is 6.97. The van der Waals surface area contributed by atoms with Crippen LogP contribution in [0.1, 0.15) is 38.8 Å². The standard InChI is InChI=1S/C13H20BrNO/c1-4-9(2)8-16-13-6-5-11(14)7-12(13)10(3)15/h5-7,9-10H,4,8,15H2,1-3H3. The van der Waals surface area contributed by atoms with Gasteiger partial charge in [-0.1, -0.05) is 36.2 Å². The van der Waals surface area contributed by atoms with Crippen molar-refractivity contribution in [3.8, 4) is 5.75 Å². The minimum atomic E-state index is -0.00978. The molecule has 3 heteroatoms. The molecule has 1 aromatic carbocycles. The molecule has 0 aliphatic rings. The molecular weight excluding hydrogens is 266 g/mol. The zero-order valence-corrected chi connectivity index (χ0v) is 11.8. The van der Waals surface area contributed by atoms with Gasteiger partial charge in [-0.3, -0.25) is 0 Å². The Labute approximate surface area is 106 Å². The Morgan fingerprint density at radius 1 is 1.38 bits per heavy atom. The lowest BCUT2D eigenvalue weighted by Gasteiger charge is -2.16. The van der Waals surface area contributed by atoms with Crippen LogP contribution in [-0.4, -0.2) is 6.61 Å². The Hall–Kier alpha value is -0.540. The summed E-state index contributed by atoms with van der Waals surface area (Å²) in [5.74, 6) is 1.48. The van der Waals surface area contributed by atoms with Gasteiger partial charge < -0.3 is 10.5 Å². The molecule has 0 aromatic heterocycles. The summed E-state index contributed by atoms with van der Waals surface area (Å²) in [6.07, 6.45) is 1.13. The first-order valence-electron chi connectivity index (χ1n) is 5.72. The summed E-state index contributed by atoms with van der Waals surface area (Å²) < 4.78 is 6.84. The van der Waals surface area contributed by atoms with Crippen molar-refractivity contribution in [1.82, 2.24) is 0 Å². The third kappa shape index (κ3) is 3.80. The van der Waals surface area contributed by atoms with Crippen molar-refractivity contribution in [2.45, 2.75) is 33.2 Å². The Kier molecular flexibility index (Phi) is 5.29. The molecule has 0 fully saturated rings. The second-order valence-corrected chi connectivity index (χ2v) is 5.21. The first-order valence-corrected chi connectivity index (χ1v) is 6.51. The molecule has 2 N–H and O–H groups in total. The van der Waals surface area contributed by atoms with Gasteiger partial charge in [0.1, 0.15) is 5.75 Å². The maximum absolute atomic E-state index is 5.92. The lowest BCUT2D eigenvalue weighted by atomic mass is 10.1. The second-order valence-electron chi connectivity index (χ2n) is 4.30. The first-order chi connectivity index (χ1) is 7.54. The van der Waals surface area contributed by atoms with E-state index >= 15 is 0 Å². The Morgan fingerprint density at radius 2 is 2.06 bits per heavy atom. The van der Waals surface area contributed by atoms with E-state index in [0.717, 1.165) is 28.8 Å². The predicted octanol–water partition coefficient (Wildman–Crippen LogP) is 3.89. The smallest absolute Gasteiger partial charge is 0.124 e. The fourth-order valence-electron chi connectivity index (χ4n) is 1.36. The third-order valence-corrected chi connectivity index (χ3v) is 3.18. The fourth-order valence-corrected chi connectivity index (χ4v) is 1.74. The molecule has 1 rings (SSSR count). The molecule has 0 spiro atoms. The van der Waals surface area contributed by atoms with Crippen LogP contribution in [0.15, 0.2) is 22.7 Å². The maximum Gasteiger partial charge on any atom is 0.124 e. The molecule has 0 radical (unpaired) electrons. The number of hydrogen-bond donors (Lipinski definition) is 1. The van der Waals surface area contributed by atoms with Crippen LogP contribution in [0, 0.1) is 5.92 Å². The van der Waals surface area contributed by atoms with Crippen molar-refractivity contribution in [2.75, 3.05) is 6.61 Å². The van der Waals surface area contributed by atoms with E-state index in [1.54, 1.807) is 0 Å². The largest absolute Gasteiger partial charge is 0.493 e. The molecule has 90 valence electrons. The van der Waals surface area contributed by atoms with E-state index in [1.165, 1.54) is 0 Å². The van der Waals surface area contributed by atoms with E-state index in [4.69, 9.17) is 10.5 Å². The molecule has 0 aliphatic carbocycles. The van der Waals surface area contributed by atoms with E-state index in [1.807, 2.05) is 25.1 Å². The highest BCUT2D eigenvalue weighted by molar-refractivity contribution is 9.10. The fraction of sp³-hybridized carbons (Fsp3) is 0.538. The average Bonchev–Trinajstić information content (AvgIpc) is 2.26. The monoisotopic (exact) mass is 285 g/mol. The topological polar surface area (TPSA) is 35.2 Å².